The molecule has 0 unspecified atom stereocenters. The van der Waals surface area contributed by atoms with Crippen LogP contribution in [0.15, 0.2) is 41.0 Å². The minimum Gasteiger partial charge on any atom is -0.397 e. The average Bonchev–Trinajstić information content (AvgIpc) is 2.50. The van der Waals surface area contributed by atoms with E-state index < -0.39 is 0 Å². The molecule has 0 aliphatic heterocycles. The molecule has 0 aliphatic rings. The quantitative estimate of drug-likeness (QED) is 0.531. The summed E-state index contributed by atoms with van der Waals surface area (Å²) in [7, 11) is 0. The molecule has 0 spiro atoms. The molecule has 0 amide bonds. The van der Waals surface area contributed by atoms with E-state index in [4.69, 9.17) is 11.5 Å². The Morgan fingerprint density at radius 2 is 1.36 bits per heavy atom. The molecule has 5 N–H and O–H groups in total. The molecule has 0 aliphatic carbocycles. The lowest BCUT2D eigenvalue weighted by Crippen LogP contribution is -2.03. The topological polar surface area (TPSA) is 76.4 Å². The molecule has 0 saturated heterocycles. The van der Waals surface area contributed by atoms with Gasteiger partial charge in [-0.1, -0.05) is 0 Å². The van der Waals surface area contributed by atoms with E-state index in [-0.39, 0.29) is 0 Å². The van der Waals surface area contributed by atoms with Gasteiger partial charge in [-0.05, 0) is 94.1 Å². The van der Waals surface area contributed by atoms with Gasteiger partial charge in [-0.15, -0.1) is 0 Å². The van der Waals surface area contributed by atoms with E-state index >= 15 is 0 Å². The van der Waals surface area contributed by atoms with Crippen molar-refractivity contribution < 1.29 is 0 Å². The summed E-state index contributed by atoms with van der Waals surface area (Å²) in [5.74, 6) is 0. The summed E-state index contributed by atoms with van der Waals surface area (Å²) in [5, 5.41) is 3.35. The van der Waals surface area contributed by atoms with Crippen LogP contribution < -0.4 is 16.8 Å². The van der Waals surface area contributed by atoms with E-state index in [1.54, 1.807) is 0 Å². The Bertz CT molecular complexity index is 861. The zero-order chi connectivity index (χ0) is 18.7. The van der Waals surface area contributed by atoms with E-state index in [1.807, 2.05) is 45.0 Å². The lowest BCUT2D eigenvalue weighted by Gasteiger charge is -2.12. The van der Waals surface area contributed by atoms with Crippen LogP contribution in [0.25, 0.3) is 0 Å². The molecular weight excluding hydrogens is 308 g/mol. The van der Waals surface area contributed by atoms with Crippen LogP contribution in [0.2, 0.25) is 0 Å². The second-order valence-electron chi connectivity index (χ2n) is 6.72. The van der Waals surface area contributed by atoms with E-state index in [9.17, 15) is 0 Å². The second kappa shape index (κ2) is 7.43. The molecule has 25 heavy (non-hydrogen) atoms. The Labute approximate surface area is 150 Å². The fraction of sp³-hybridized carbons (Fsp3) is 0.286. The number of hydrogen-bond acceptors (Lipinski definition) is 4. The summed E-state index contributed by atoms with van der Waals surface area (Å²) < 4.78 is 0. The van der Waals surface area contributed by atoms with Crippen LogP contribution in [0.5, 0.6) is 0 Å². The summed E-state index contributed by atoms with van der Waals surface area (Å²) in [4.78, 5) is 4.64. The van der Waals surface area contributed by atoms with Gasteiger partial charge in [0.2, 0.25) is 0 Å². The standard InChI is InChI=1S/C21H28N4/c1-12-7-18(22)20(9-14(12)3)24-16(5)11-17(6)25-21-10-15(4)13(2)8-19(21)23/h7-11,24H,22-23H2,1-6H3/b16-11-,25-17?. The first-order valence-electron chi connectivity index (χ1n) is 8.41. The number of allylic oxidation sites excluding steroid dienone is 2. The number of nitrogens with zero attached hydrogens (tertiary/aromatic N) is 1. The van der Waals surface area contributed by atoms with Crippen molar-refractivity contribution in [1.82, 2.24) is 0 Å². The average molecular weight is 336 g/mol. The number of aryl methyl sites for hydroxylation is 4. The molecule has 0 atom stereocenters. The van der Waals surface area contributed by atoms with Gasteiger partial charge in [0.1, 0.15) is 0 Å². The van der Waals surface area contributed by atoms with E-state index in [0.29, 0.717) is 5.69 Å². The highest BCUT2D eigenvalue weighted by atomic mass is 14.9. The molecule has 0 heterocycles. The van der Waals surface area contributed by atoms with Crippen LogP contribution in [0.4, 0.5) is 22.7 Å². The number of hydrogen-bond donors (Lipinski definition) is 3. The third-order valence-corrected chi connectivity index (χ3v) is 4.36. The van der Waals surface area contributed by atoms with Gasteiger partial charge in [-0.2, -0.15) is 0 Å². The predicted octanol–water partition coefficient (Wildman–Crippen LogP) is 5.19. The second-order valence-corrected chi connectivity index (χ2v) is 6.72. The van der Waals surface area contributed by atoms with Gasteiger partial charge in [0, 0.05) is 11.4 Å². The molecule has 0 saturated carbocycles. The van der Waals surface area contributed by atoms with Crippen molar-refractivity contribution in [2.75, 3.05) is 16.8 Å². The van der Waals surface area contributed by atoms with Crippen molar-refractivity contribution in [1.29, 1.82) is 0 Å². The first-order valence-corrected chi connectivity index (χ1v) is 8.41. The first-order chi connectivity index (χ1) is 11.7. The Kier molecular flexibility index (Phi) is 5.52. The molecule has 0 aromatic heterocycles. The summed E-state index contributed by atoms with van der Waals surface area (Å²) in [6, 6.07) is 8.04. The highest BCUT2D eigenvalue weighted by Gasteiger charge is 2.04. The molecule has 2 rings (SSSR count). The highest BCUT2D eigenvalue weighted by Crippen LogP contribution is 2.27. The van der Waals surface area contributed by atoms with Gasteiger partial charge >= 0.3 is 0 Å². The number of anilines is 3. The van der Waals surface area contributed by atoms with Gasteiger partial charge in [0.25, 0.3) is 0 Å². The van der Waals surface area contributed by atoms with Gasteiger partial charge in [0.15, 0.2) is 0 Å². The first kappa shape index (κ1) is 18.6. The maximum absolute atomic E-state index is 6.11. The van der Waals surface area contributed by atoms with Crippen molar-refractivity contribution in [3.8, 4) is 0 Å². The lowest BCUT2D eigenvalue weighted by atomic mass is 10.1. The lowest BCUT2D eigenvalue weighted by molar-refractivity contribution is 1.31. The van der Waals surface area contributed by atoms with Crippen molar-refractivity contribution in [2.24, 2.45) is 4.99 Å². The smallest absolute Gasteiger partial charge is 0.0864 e. The molecule has 0 fully saturated rings. The summed E-state index contributed by atoms with van der Waals surface area (Å²) in [6.07, 6.45) is 1.99. The largest absolute Gasteiger partial charge is 0.397 e. The predicted molar refractivity (Wildman–Crippen MR) is 111 cm³/mol. The number of benzene rings is 2. The fourth-order valence-electron chi connectivity index (χ4n) is 2.65. The van der Waals surface area contributed by atoms with E-state index in [2.05, 4.69) is 37.1 Å². The minimum absolute atomic E-state index is 0.694. The van der Waals surface area contributed by atoms with Gasteiger partial charge in [0.05, 0.1) is 22.7 Å². The molecule has 2 aromatic rings. The maximum atomic E-state index is 6.11. The molecule has 132 valence electrons. The SMILES string of the molecule is CC(/C=C(/C)Nc1cc(C)c(C)cc1N)=Nc1cc(C)c(C)cc1N. The number of aliphatic imine (C=N–C) groups is 1. The molecule has 0 radical (unpaired) electrons. The Balaban J connectivity index is 2.24. The monoisotopic (exact) mass is 336 g/mol. The normalized spacial score (nSPS) is 12.4. The van der Waals surface area contributed by atoms with Crippen LogP contribution in [-0.4, -0.2) is 5.71 Å². The molecule has 0 bridgehead atoms. The Morgan fingerprint density at radius 3 is 2.00 bits per heavy atom. The zero-order valence-electron chi connectivity index (χ0n) is 16.0. The molecule has 4 heteroatoms. The van der Waals surface area contributed by atoms with Crippen molar-refractivity contribution in [3.05, 3.63) is 58.3 Å². The Morgan fingerprint density at radius 1 is 0.840 bits per heavy atom. The van der Waals surface area contributed by atoms with Crippen molar-refractivity contribution in [3.63, 3.8) is 0 Å². The summed E-state index contributed by atoms with van der Waals surface area (Å²) >= 11 is 0. The van der Waals surface area contributed by atoms with E-state index in [1.165, 1.54) is 22.3 Å². The number of rotatable bonds is 4. The van der Waals surface area contributed by atoms with Crippen molar-refractivity contribution >= 4 is 28.5 Å². The zero-order valence-corrected chi connectivity index (χ0v) is 16.0. The van der Waals surface area contributed by atoms with Gasteiger partial charge in [-0.3, -0.25) is 4.99 Å². The number of nitrogens with one attached hydrogen (secondary N) is 1. The molecular formula is C21H28N4. The van der Waals surface area contributed by atoms with Gasteiger partial charge < -0.3 is 16.8 Å². The molecule has 4 nitrogen and oxygen atoms in total. The number of nitrogen functional groups attached to an aromatic ring is 2. The minimum atomic E-state index is 0.694. The van der Waals surface area contributed by atoms with Crippen LogP contribution in [-0.2, 0) is 0 Å². The van der Waals surface area contributed by atoms with Crippen LogP contribution in [0.1, 0.15) is 36.1 Å². The highest BCUT2D eigenvalue weighted by molar-refractivity contribution is 5.96. The third kappa shape index (κ3) is 4.63. The maximum Gasteiger partial charge on any atom is 0.0864 e. The summed E-state index contributed by atoms with van der Waals surface area (Å²) in [5.41, 5.74) is 21.9. The Hall–Kier alpha value is -2.75. The van der Waals surface area contributed by atoms with Crippen LogP contribution in [0.3, 0.4) is 0 Å². The van der Waals surface area contributed by atoms with Gasteiger partial charge in [-0.25, -0.2) is 0 Å². The van der Waals surface area contributed by atoms with Crippen LogP contribution >= 0.6 is 0 Å². The summed E-state index contributed by atoms with van der Waals surface area (Å²) in [6.45, 7) is 12.2. The molecule has 2 aromatic carbocycles. The van der Waals surface area contributed by atoms with Crippen LogP contribution in [0, 0.1) is 27.7 Å². The number of nitrogens with two attached hydrogens (primary N) is 2. The van der Waals surface area contributed by atoms with Crippen molar-refractivity contribution in [2.45, 2.75) is 41.5 Å². The van der Waals surface area contributed by atoms with E-state index in [0.717, 1.165) is 28.5 Å². The fourth-order valence-corrected chi connectivity index (χ4v) is 2.65. The third-order valence-electron chi connectivity index (χ3n) is 4.36.